The molecule has 1 aromatic rings. The second kappa shape index (κ2) is 5.55. The topological polar surface area (TPSA) is 20.2 Å². The van der Waals surface area contributed by atoms with E-state index in [4.69, 9.17) is 0 Å². The minimum absolute atomic E-state index is 0.301. The van der Waals surface area contributed by atoms with Crippen LogP contribution in [0.2, 0.25) is 0 Å². The molecule has 0 bridgehead atoms. The van der Waals surface area contributed by atoms with Crippen LogP contribution in [0.3, 0.4) is 0 Å². The molecular formula is C12H16O. The first-order valence-corrected chi connectivity index (χ1v) is 4.67. The molecular weight excluding hydrogens is 160 g/mol. The lowest BCUT2D eigenvalue weighted by molar-refractivity contribution is 0.213. The normalized spacial score (nSPS) is 13.4. The molecule has 0 fully saturated rings. The zero-order valence-electron chi connectivity index (χ0n) is 7.98. The molecule has 0 aliphatic carbocycles. The van der Waals surface area contributed by atoms with E-state index in [1.54, 1.807) is 0 Å². The molecule has 70 valence electrons. The summed E-state index contributed by atoms with van der Waals surface area (Å²) >= 11 is 0. The van der Waals surface area contributed by atoms with Crippen LogP contribution in [0, 0.1) is 0 Å². The Morgan fingerprint density at radius 1 is 1.31 bits per heavy atom. The number of aliphatic hydroxyl groups is 1. The third-order valence-corrected chi connectivity index (χ3v) is 1.99. The summed E-state index contributed by atoms with van der Waals surface area (Å²) in [7, 11) is 0. The number of hydrogen-bond donors (Lipinski definition) is 1. The maximum absolute atomic E-state index is 9.42. The van der Waals surface area contributed by atoms with Crippen molar-refractivity contribution in [2.75, 3.05) is 0 Å². The van der Waals surface area contributed by atoms with Crippen LogP contribution < -0.4 is 0 Å². The van der Waals surface area contributed by atoms with E-state index in [0.717, 1.165) is 12.8 Å². The van der Waals surface area contributed by atoms with Gasteiger partial charge < -0.3 is 5.11 Å². The van der Waals surface area contributed by atoms with Gasteiger partial charge in [0.1, 0.15) is 0 Å². The molecule has 0 saturated heterocycles. The molecule has 0 aliphatic heterocycles. The lowest BCUT2D eigenvalue weighted by atomic mass is 10.1. The Labute approximate surface area is 79.7 Å². The van der Waals surface area contributed by atoms with Gasteiger partial charge in [0.2, 0.25) is 0 Å². The van der Waals surface area contributed by atoms with E-state index in [1.807, 2.05) is 37.3 Å². The van der Waals surface area contributed by atoms with E-state index in [9.17, 15) is 5.11 Å². The maximum Gasteiger partial charge on any atom is 0.0724 e. The number of benzene rings is 1. The van der Waals surface area contributed by atoms with Gasteiger partial charge in [0.15, 0.2) is 0 Å². The molecule has 1 heteroatoms. The highest BCUT2D eigenvalue weighted by atomic mass is 16.3. The lowest BCUT2D eigenvalue weighted by Gasteiger charge is -2.04. The zero-order chi connectivity index (χ0) is 9.52. The fourth-order valence-electron chi connectivity index (χ4n) is 1.28. The van der Waals surface area contributed by atoms with E-state index in [-0.39, 0.29) is 6.10 Å². The highest BCUT2D eigenvalue weighted by Crippen LogP contribution is 2.05. The van der Waals surface area contributed by atoms with Gasteiger partial charge in [-0.05, 0) is 25.3 Å². The molecule has 1 aromatic carbocycles. The standard InChI is InChI=1S/C12H16O/c1-2-6-12(13)10-9-11-7-4-3-5-8-11/h2-8,12-13H,9-10H2,1H3/b6-2-/t12-/m0/s1. The van der Waals surface area contributed by atoms with E-state index in [0.29, 0.717) is 0 Å². The summed E-state index contributed by atoms with van der Waals surface area (Å²) in [4.78, 5) is 0. The Balaban J connectivity index is 2.35. The van der Waals surface area contributed by atoms with E-state index < -0.39 is 0 Å². The van der Waals surface area contributed by atoms with Crippen molar-refractivity contribution in [1.82, 2.24) is 0 Å². The van der Waals surface area contributed by atoms with Gasteiger partial charge >= 0.3 is 0 Å². The number of hydrogen-bond acceptors (Lipinski definition) is 1. The zero-order valence-corrected chi connectivity index (χ0v) is 7.98. The second-order valence-corrected chi connectivity index (χ2v) is 3.12. The molecule has 0 unspecified atom stereocenters. The first-order chi connectivity index (χ1) is 6.33. The monoisotopic (exact) mass is 176 g/mol. The van der Waals surface area contributed by atoms with Gasteiger partial charge in [-0.1, -0.05) is 42.5 Å². The van der Waals surface area contributed by atoms with Crippen LogP contribution in [-0.4, -0.2) is 11.2 Å². The van der Waals surface area contributed by atoms with Crippen molar-refractivity contribution in [2.45, 2.75) is 25.9 Å². The van der Waals surface area contributed by atoms with Gasteiger partial charge in [0.05, 0.1) is 6.10 Å². The van der Waals surface area contributed by atoms with Crippen LogP contribution in [0.15, 0.2) is 42.5 Å². The first kappa shape index (κ1) is 10.0. The summed E-state index contributed by atoms with van der Waals surface area (Å²) in [6.07, 6.45) is 5.14. The Hall–Kier alpha value is -1.08. The maximum atomic E-state index is 9.42. The van der Waals surface area contributed by atoms with Gasteiger partial charge in [0, 0.05) is 0 Å². The SMILES string of the molecule is C/C=C\[C@H](O)CCc1ccccc1. The summed E-state index contributed by atoms with van der Waals surface area (Å²) in [6, 6.07) is 10.2. The van der Waals surface area contributed by atoms with Crippen LogP contribution in [0.5, 0.6) is 0 Å². The molecule has 0 aromatic heterocycles. The van der Waals surface area contributed by atoms with E-state index in [1.165, 1.54) is 5.56 Å². The van der Waals surface area contributed by atoms with Gasteiger partial charge in [-0.15, -0.1) is 0 Å². The van der Waals surface area contributed by atoms with Crippen molar-refractivity contribution in [2.24, 2.45) is 0 Å². The van der Waals surface area contributed by atoms with Crippen molar-refractivity contribution >= 4 is 0 Å². The lowest BCUT2D eigenvalue weighted by Crippen LogP contribution is -2.03. The Morgan fingerprint density at radius 2 is 2.00 bits per heavy atom. The fraction of sp³-hybridized carbons (Fsp3) is 0.333. The molecule has 1 N–H and O–H groups in total. The van der Waals surface area contributed by atoms with Crippen molar-refractivity contribution in [3.8, 4) is 0 Å². The van der Waals surface area contributed by atoms with Crippen molar-refractivity contribution in [3.63, 3.8) is 0 Å². The predicted molar refractivity (Wildman–Crippen MR) is 55.6 cm³/mol. The molecule has 0 amide bonds. The molecule has 0 spiro atoms. The largest absolute Gasteiger partial charge is 0.389 e. The summed E-state index contributed by atoms with van der Waals surface area (Å²) < 4.78 is 0. The van der Waals surface area contributed by atoms with Crippen LogP contribution >= 0.6 is 0 Å². The third kappa shape index (κ3) is 3.90. The molecule has 0 radical (unpaired) electrons. The van der Waals surface area contributed by atoms with Crippen molar-refractivity contribution in [1.29, 1.82) is 0 Å². The van der Waals surface area contributed by atoms with Crippen LogP contribution in [-0.2, 0) is 6.42 Å². The average Bonchev–Trinajstić information content (AvgIpc) is 2.17. The number of aryl methyl sites for hydroxylation is 1. The summed E-state index contributed by atoms with van der Waals surface area (Å²) in [6.45, 7) is 1.92. The number of rotatable bonds is 4. The Kier molecular flexibility index (Phi) is 4.27. The summed E-state index contributed by atoms with van der Waals surface area (Å²) in [5, 5.41) is 9.42. The fourth-order valence-corrected chi connectivity index (χ4v) is 1.28. The summed E-state index contributed by atoms with van der Waals surface area (Å²) in [5.41, 5.74) is 1.28. The van der Waals surface area contributed by atoms with Gasteiger partial charge in [-0.3, -0.25) is 0 Å². The minimum atomic E-state index is -0.301. The highest BCUT2D eigenvalue weighted by molar-refractivity contribution is 5.14. The number of allylic oxidation sites excluding steroid dienone is 1. The minimum Gasteiger partial charge on any atom is -0.389 e. The highest BCUT2D eigenvalue weighted by Gasteiger charge is 1.98. The third-order valence-electron chi connectivity index (χ3n) is 1.99. The molecule has 1 nitrogen and oxygen atoms in total. The quantitative estimate of drug-likeness (QED) is 0.699. The van der Waals surface area contributed by atoms with Gasteiger partial charge in [0.25, 0.3) is 0 Å². The Bertz CT molecular complexity index is 251. The van der Waals surface area contributed by atoms with Crippen LogP contribution in [0.25, 0.3) is 0 Å². The van der Waals surface area contributed by atoms with Gasteiger partial charge in [-0.2, -0.15) is 0 Å². The molecule has 0 heterocycles. The Morgan fingerprint density at radius 3 is 2.62 bits per heavy atom. The molecule has 1 rings (SSSR count). The van der Waals surface area contributed by atoms with Crippen LogP contribution in [0.1, 0.15) is 18.9 Å². The predicted octanol–water partition coefficient (Wildman–Crippen LogP) is 2.56. The average molecular weight is 176 g/mol. The molecule has 13 heavy (non-hydrogen) atoms. The number of aliphatic hydroxyl groups excluding tert-OH is 1. The smallest absolute Gasteiger partial charge is 0.0724 e. The van der Waals surface area contributed by atoms with Crippen molar-refractivity contribution < 1.29 is 5.11 Å². The first-order valence-electron chi connectivity index (χ1n) is 4.67. The van der Waals surface area contributed by atoms with Crippen LogP contribution in [0.4, 0.5) is 0 Å². The second-order valence-electron chi connectivity index (χ2n) is 3.12. The molecule has 1 atom stereocenters. The molecule has 0 saturated carbocycles. The van der Waals surface area contributed by atoms with Crippen molar-refractivity contribution in [3.05, 3.63) is 48.0 Å². The van der Waals surface area contributed by atoms with E-state index in [2.05, 4.69) is 12.1 Å². The summed E-state index contributed by atoms with van der Waals surface area (Å²) in [5.74, 6) is 0. The molecule has 0 aliphatic rings. The van der Waals surface area contributed by atoms with Gasteiger partial charge in [-0.25, -0.2) is 0 Å². The van der Waals surface area contributed by atoms with E-state index >= 15 is 0 Å².